The van der Waals surface area contributed by atoms with Gasteiger partial charge < -0.3 is 19.6 Å². The molecule has 0 saturated carbocycles. The normalized spacial score (nSPS) is 21.8. The molecular weight excluding hydrogens is 348 g/mol. The molecule has 7 nitrogen and oxygen atoms in total. The quantitative estimate of drug-likeness (QED) is 0.789. The molecule has 1 aromatic carbocycles. The minimum Gasteiger partial charge on any atom is -0.465 e. The lowest BCUT2D eigenvalue weighted by atomic mass is 9.71. The lowest BCUT2D eigenvalue weighted by Gasteiger charge is -2.49. The van der Waals surface area contributed by atoms with E-state index in [2.05, 4.69) is 4.74 Å². The highest BCUT2D eigenvalue weighted by molar-refractivity contribution is 5.96. The molecule has 2 fully saturated rings. The average molecular weight is 374 g/mol. The van der Waals surface area contributed by atoms with E-state index >= 15 is 0 Å². The largest absolute Gasteiger partial charge is 0.465 e. The van der Waals surface area contributed by atoms with Crippen LogP contribution in [0.2, 0.25) is 0 Å². The third-order valence-corrected chi connectivity index (χ3v) is 5.74. The molecule has 0 bridgehead atoms. The van der Waals surface area contributed by atoms with Crippen LogP contribution in [-0.4, -0.2) is 72.1 Å². The van der Waals surface area contributed by atoms with Gasteiger partial charge in [0.2, 0.25) is 5.91 Å². The Hall–Kier alpha value is -2.41. The van der Waals surface area contributed by atoms with Gasteiger partial charge in [-0.15, -0.1) is 0 Å². The average Bonchev–Trinajstić information content (AvgIpc) is 2.67. The molecule has 0 radical (unpaired) electrons. The number of carbonyl (C=O) groups excluding carboxylic acids is 3. The Morgan fingerprint density at radius 1 is 1.07 bits per heavy atom. The molecule has 2 aliphatic heterocycles. The van der Waals surface area contributed by atoms with E-state index < -0.39 is 12.1 Å². The summed E-state index contributed by atoms with van der Waals surface area (Å²) in [4.78, 5) is 39.5. The first-order valence-corrected chi connectivity index (χ1v) is 9.25. The number of likely N-dealkylation sites (tertiary alicyclic amines) is 2. The van der Waals surface area contributed by atoms with Crippen molar-refractivity contribution in [1.29, 1.82) is 0 Å². The van der Waals surface area contributed by atoms with Crippen molar-refractivity contribution in [3.63, 3.8) is 0 Å². The van der Waals surface area contributed by atoms with Crippen LogP contribution >= 0.6 is 0 Å². The van der Waals surface area contributed by atoms with Crippen LogP contribution in [0.25, 0.3) is 0 Å². The van der Waals surface area contributed by atoms with Gasteiger partial charge in [0.25, 0.3) is 5.91 Å². The summed E-state index contributed by atoms with van der Waals surface area (Å²) in [6.45, 7) is 3.76. The predicted octanol–water partition coefficient (Wildman–Crippen LogP) is 1.31. The number of carbonyl (C=O) groups is 3. The molecule has 2 heterocycles. The van der Waals surface area contributed by atoms with Crippen molar-refractivity contribution < 1.29 is 24.2 Å². The van der Waals surface area contributed by atoms with Crippen molar-refractivity contribution in [3.05, 3.63) is 35.4 Å². The number of hydrogen-bond acceptors (Lipinski definition) is 5. The van der Waals surface area contributed by atoms with Crippen molar-refractivity contribution in [1.82, 2.24) is 9.80 Å². The number of rotatable bonds is 2. The lowest BCUT2D eigenvalue weighted by Crippen LogP contribution is -2.55. The summed E-state index contributed by atoms with van der Waals surface area (Å²) in [5, 5.41) is 10.2. The topological polar surface area (TPSA) is 87.2 Å². The number of esters is 1. The third-order valence-electron chi connectivity index (χ3n) is 5.74. The number of benzene rings is 1. The molecule has 146 valence electrons. The number of amides is 2. The van der Waals surface area contributed by atoms with Crippen LogP contribution in [0.3, 0.4) is 0 Å². The monoisotopic (exact) mass is 374 g/mol. The molecule has 0 aliphatic carbocycles. The highest BCUT2D eigenvalue weighted by Gasteiger charge is 2.43. The van der Waals surface area contributed by atoms with Gasteiger partial charge in [-0.25, -0.2) is 4.79 Å². The van der Waals surface area contributed by atoms with Crippen LogP contribution < -0.4 is 0 Å². The van der Waals surface area contributed by atoms with Crippen molar-refractivity contribution in [2.45, 2.75) is 32.3 Å². The van der Waals surface area contributed by atoms with E-state index in [0.29, 0.717) is 43.7 Å². The third kappa shape index (κ3) is 4.13. The summed E-state index contributed by atoms with van der Waals surface area (Å²) in [5.74, 6) is -0.516. The first-order valence-electron chi connectivity index (χ1n) is 9.25. The Morgan fingerprint density at radius 2 is 1.67 bits per heavy atom. The fourth-order valence-corrected chi connectivity index (χ4v) is 4.19. The molecule has 1 N–H and O–H groups in total. The zero-order valence-electron chi connectivity index (χ0n) is 15.8. The van der Waals surface area contributed by atoms with Gasteiger partial charge in [-0.2, -0.15) is 0 Å². The summed E-state index contributed by atoms with van der Waals surface area (Å²) in [6, 6.07) is 6.46. The second kappa shape index (κ2) is 7.68. The van der Waals surface area contributed by atoms with E-state index in [-0.39, 0.29) is 17.2 Å². The zero-order chi connectivity index (χ0) is 19.6. The molecule has 2 saturated heterocycles. The minimum absolute atomic E-state index is 0.0164. The van der Waals surface area contributed by atoms with Gasteiger partial charge >= 0.3 is 5.97 Å². The van der Waals surface area contributed by atoms with Crippen LogP contribution in [0, 0.1) is 5.41 Å². The van der Waals surface area contributed by atoms with E-state index in [1.807, 2.05) is 0 Å². The number of β-amino-alcohol motifs (C(OH)–C–C–N with tert-alkyl or cyclic N) is 1. The molecule has 2 aliphatic rings. The highest BCUT2D eigenvalue weighted by Crippen LogP contribution is 2.40. The summed E-state index contributed by atoms with van der Waals surface area (Å²) >= 11 is 0. The number of aliphatic hydroxyl groups excluding tert-OH is 1. The molecule has 1 atom stereocenters. The van der Waals surface area contributed by atoms with Crippen LogP contribution in [0.1, 0.15) is 46.9 Å². The Morgan fingerprint density at radius 3 is 2.22 bits per heavy atom. The van der Waals surface area contributed by atoms with Crippen LogP contribution in [0.4, 0.5) is 0 Å². The molecular formula is C20H26N2O5. The zero-order valence-corrected chi connectivity index (χ0v) is 15.8. The van der Waals surface area contributed by atoms with Crippen molar-refractivity contribution in [3.8, 4) is 0 Å². The van der Waals surface area contributed by atoms with Crippen LogP contribution in [-0.2, 0) is 9.53 Å². The van der Waals surface area contributed by atoms with E-state index in [9.17, 15) is 19.5 Å². The molecule has 2 amide bonds. The molecule has 1 aromatic rings. The van der Waals surface area contributed by atoms with E-state index in [1.165, 1.54) is 14.0 Å². The molecule has 7 heteroatoms. The molecule has 3 rings (SSSR count). The number of ether oxygens (including phenoxy) is 1. The Balaban J connectivity index is 1.64. The first kappa shape index (κ1) is 19.4. The second-order valence-electron chi connectivity index (χ2n) is 7.62. The molecule has 0 aromatic heterocycles. The SMILES string of the molecule is COC(=O)c1ccc(C(=O)N2CCC3(CC2)CC(O)CN(C(C)=O)C3)cc1. The maximum atomic E-state index is 12.8. The van der Waals surface area contributed by atoms with Gasteiger partial charge in [0.15, 0.2) is 0 Å². The standard InChI is InChI=1S/C20H26N2O5/c1-14(23)22-12-17(24)11-20(13-22)7-9-21(10-8-20)18(25)15-3-5-16(6-4-15)19(26)27-2/h3-6,17,24H,7-13H2,1-2H3. The number of hydrogen-bond donors (Lipinski definition) is 1. The molecule has 1 spiro atoms. The maximum Gasteiger partial charge on any atom is 0.337 e. The summed E-state index contributed by atoms with van der Waals surface area (Å²) in [6.07, 6.45) is 1.70. The Kier molecular flexibility index (Phi) is 5.51. The number of nitrogens with zero attached hydrogens (tertiary/aromatic N) is 2. The van der Waals surface area contributed by atoms with Crippen LogP contribution in [0.5, 0.6) is 0 Å². The number of piperidine rings is 2. The fraction of sp³-hybridized carbons (Fsp3) is 0.550. The van der Waals surface area contributed by atoms with Crippen molar-refractivity contribution in [2.24, 2.45) is 5.41 Å². The highest BCUT2D eigenvalue weighted by atomic mass is 16.5. The predicted molar refractivity (Wildman–Crippen MR) is 98.2 cm³/mol. The van der Waals surface area contributed by atoms with E-state index in [4.69, 9.17) is 0 Å². The van der Waals surface area contributed by atoms with Gasteiger partial charge in [-0.1, -0.05) is 0 Å². The first-order chi connectivity index (χ1) is 12.8. The van der Waals surface area contributed by atoms with Gasteiger partial charge in [-0.3, -0.25) is 9.59 Å². The minimum atomic E-state index is -0.504. The van der Waals surface area contributed by atoms with Crippen molar-refractivity contribution >= 4 is 17.8 Å². The van der Waals surface area contributed by atoms with Gasteiger partial charge in [0.1, 0.15) is 0 Å². The number of aliphatic hydroxyl groups is 1. The molecule has 1 unspecified atom stereocenters. The Bertz CT molecular complexity index is 722. The van der Waals surface area contributed by atoms with Gasteiger partial charge in [-0.05, 0) is 48.9 Å². The van der Waals surface area contributed by atoms with Gasteiger partial charge in [0.05, 0.1) is 18.8 Å². The van der Waals surface area contributed by atoms with Gasteiger partial charge in [0, 0.05) is 38.7 Å². The van der Waals surface area contributed by atoms with Crippen LogP contribution in [0.15, 0.2) is 24.3 Å². The second-order valence-corrected chi connectivity index (χ2v) is 7.62. The maximum absolute atomic E-state index is 12.8. The van der Waals surface area contributed by atoms with Crippen molar-refractivity contribution in [2.75, 3.05) is 33.3 Å². The summed E-state index contributed by atoms with van der Waals surface area (Å²) < 4.78 is 4.67. The van der Waals surface area contributed by atoms with E-state index in [0.717, 1.165) is 12.8 Å². The lowest BCUT2D eigenvalue weighted by molar-refractivity contribution is -0.137. The summed E-state index contributed by atoms with van der Waals surface area (Å²) in [5.41, 5.74) is 0.828. The summed E-state index contributed by atoms with van der Waals surface area (Å²) in [7, 11) is 1.32. The fourth-order valence-electron chi connectivity index (χ4n) is 4.19. The smallest absolute Gasteiger partial charge is 0.337 e. The van der Waals surface area contributed by atoms with E-state index in [1.54, 1.807) is 34.1 Å². The Labute approximate surface area is 158 Å². The molecule has 27 heavy (non-hydrogen) atoms. The number of methoxy groups -OCH3 is 1.